The topological polar surface area (TPSA) is 105 Å². The summed E-state index contributed by atoms with van der Waals surface area (Å²) in [6.07, 6.45) is 2.21. The highest BCUT2D eigenvalue weighted by Crippen LogP contribution is 2.58. The lowest BCUT2D eigenvalue weighted by atomic mass is 9.85. The van der Waals surface area contributed by atoms with Crippen molar-refractivity contribution in [2.75, 3.05) is 28.4 Å². The third-order valence-corrected chi connectivity index (χ3v) is 7.53. The first-order valence-corrected chi connectivity index (χ1v) is 13.6. The first-order chi connectivity index (χ1) is 20.9. The Morgan fingerprint density at radius 1 is 0.744 bits per heavy atom. The number of amides is 1. The molecule has 0 spiro atoms. The van der Waals surface area contributed by atoms with Gasteiger partial charge < -0.3 is 23.7 Å². The van der Waals surface area contributed by atoms with Crippen LogP contribution < -0.4 is 29.1 Å². The van der Waals surface area contributed by atoms with Crippen molar-refractivity contribution in [2.24, 2.45) is 11.0 Å². The van der Waals surface area contributed by atoms with Gasteiger partial charge in [-0.05, 0) is 53.4 Å². The normalized spacial score (nSPS) is 14.9. The molecule has 0 bridgehead atoms. The summed E-state index contributed by atoms with van der Waals surface area (Å²) in [5.74, 6) is 0.475. The highest BCUT2D eigenvalue weighted by molar-refractivity contribution is 5.93. The van der Waals surface area contributed by atoms with Gasteiger partial charge in [-0.3, -0.25) is 4.79 Å². The molecule has 1 amide bonds. The molecule has 1 fully saturated rings. The molecule has 4 aromatic rings. The van der Waals surface area contributed by atoms with E-state index in [1.165, 1.54) is 46.8 Å². The second kappa shape index (κ2) is 12.7. The Morgan fingerprint density at radius 2 is 1.33 bits per heavy atom. The van der Waals surface area contributed by atoms with E-state index in [1.54, 1.807) is 18.2 Å². The number of carbonyl (C=O) groups is 2. The van der Waals surface area contributed by atoms with Crippen molar-refractivity contribution in [1.82, 2.24) is 5.43 Å². The third-order valence-electron chi connectivity index (χ3n) is 7.53. The van der Waals surface area contributed by atoms with Crippen molar-refractivity contribution < 1.29 is 33.3 Å². The van der Waals surface area contributed by atoms with Gasteiger partial charge in [-0.15, -0.1) is 0 Å². The zero-order valence-corrected chi connectivity index (χ0v) is 24.3. The highest BCUT2D eigenvalue weighted by atomic mass is 16.6. The Bertz CT molecular complexity index is 1570. The van der Waals surface area contributed by atoms with E-state index in [1.807, 2.05) is 36.4 Å². The number of benzene rings is 4. The third kappa shape index (κ3) is 5.88. The second-order valence-corrected chi connectivity index (χ2v) is 9.91. The van der Waals surface area contributed by atoms with E-state index in [0.29, 0.717) is 35.0 Å². The molecule has 0 aromatic heterocycles. The van der Waals surface area contributed by atoms with Gasteiger partial charge in [-0.1, -0.05) is 60.7 Å². The molecule has 220 valence electrons. The molecule has 5 rings (SSSR count). The molecule has 9 heteroatoms. The number of hydrogen-bond donors (Lipinski definition) is 1. The first-order valence-electron chi connectivity index (χ1n) is 13.6. The van der Waals surface area contributed by atoms with E-state index in [9.17, 15) is 9.59 Å². The molecule has 0 radical (unpaired) electrons. The molecule has 0 aliphatic heterocycles. The van der Waals surface area contributed by atoms with Crippen molar-refractivity contribution in [3.63, 3.8) is 0 Å². The number of esters is 1. The number of methoxy groups -OCH3 is 4. The maximum atomic E-state index is 13.2. The first kappa shape index (κ1) is 29.2. The van der Waals surface area contributed by atoms with Crippen LogP contribution in [0.15, 0.2) is 96.1 Å². The summed E-state index contributed by atoms with van der Waals surface area (Å²) in [6.45, 7) is 0. The van der Waals surface area contributed by atoms with E-state index in [2.05, 4.69) is 34.8 Å². The van der Waals surface area contributed by atoms with Gasteiger partial charge in [0.05, 0.1) is 46.1 Å². The van der Waals surface area contributed by atoms with Crippen LogP contribution in [0.1, 0.15) is 33.5 Å². The van der Waals surface area contributed by atoms with Crippen molar-refractivity contribution in [3.8, 4) is 28.7 Å². The molecule has 9 nitrogen and oxygen atoms in total. The fourth-order valence-electron chi connectivity index (χ4n) is 5.31. The SMILES string of the molecule is COc1cc(/C=N/NC(=O)C2CC2(c2ccccc2)c2ccccc2)ccc1OC(=O)c1cc(OC)c(OC)c(OC)c1. The van der Waals surface area contributed by atoms with Crippen LogP contribution in [0, 0.1) is 5.92 Å². The fraction of sp³-hybridized carbons (Fsp3) is 0.206. The summed E-state index contributed by atoms with van der Waals surface area (Å²) < 4.78 is 27.0. The number of rotatable bonds is 11. The summed E-state index contributed by atoms with van der Waals surface area (Å²) in [7, 11) is 5.88. The van der Waals surface area contributed by atoms with E-state index in [4.69, 9.17) is 23.7 Å². The largest absolute Gasteiger partial charge is 0.493 e. The van der Waals surface area contributed by atoms with Crippen LogP contribution in [0.3, 0.4) is 0 Å². The minimum atomic E-state index is -0.643. The minimum Gasteiger partial charge on any atom is -0.493 e. The molecular weight excluding hydrogens is 548 g/mol. The Balaban J connectivity index is 1.28. The maximum Gasteiger partial charge on any atom is 0.343 e. The van der Waals surface area contributed by atoms with Gasteiger partial charge in [0.25, 0.3) is 0 Å². The van der Waals surface area contributed by atoms with E-state index in [-0.39, 0.29) is 28.6 Å². The molecule has 0 heterocycles. The van der Waals surface area contributed by atoms with Crippen LogP contribution in [-0.4, -0.2) is 46.5 Å². The highest BCUT2D eigenvalue weighted by Gasteiger charge is 2.60. The molecular formula is C34H32N2O7. The second-order valence-electron chi connectivity index (χ2n) is 9.91. The van der Waals surface area contributed by atoms with Crippen LogP contribution in [0.4, 0.5) is 0 Å². The number of nitrogens with zero attached hydrogens (tertiary/aromatic N) is 1. The van der Waals surface area contributed by atoms with Crippen molar-refractivity contribution in [2.45, 2.75) is 11.8 Å². The number of ether oxygens (including phenoxy) is 5. The van der Waals surface area contributed by atoms with Gasteiger partial charge in [-0.2, -0.15) is 5.10 Å². The predicted octanol–water partition coefficient (Wildman–Crippen LogP) is 5.40. The number of nitrogens with one attached hydrogen (secondary N) is 1. The summed E-state index contributed by atoms with van der Waals surface area (Å²) in [5, 5.41) is 4.20. The smallest absolute Gasteiger partial charge is 0.343 e. The summed E-state index contributed by atoms with van der Waals surface area (Å²) in [6, 6.07) is 28.1. The molecule has 1 atom stereocenters. The van der Waals surface area contributed by atoms with Gasteiger partial charge in [0.2, 0.25) is 11.7 Å². The molecule has 1 aliphatic rings. The molecule has 1 aliphatic carbocycles. The average molecular weight is 581 g/mol. The molecule has 0 saturated heterocycles. The molecule has 1 saturated carbocycles. The van der Waals surface area contributed by atoms with Crippen LogP contribution in [0.5, 0.6) is 28.7 Å². The number of hydrazone groups is 1. The summed E-state index contributed by atoms with van der Waals surface area (Å²) >= 11 is 0. The quantitative estimate of drug-likeness (QED) is 0.110. The molecule has 43 heavy (non-hydrogen) atoms. The number of carbonyl (C=O) groups excluding carboxylic acids is 2. The Kier molecular flexibility index (Phi) is 8.61. The van der Waals surface area contributed by atoms with E-state index < -0.39 is 5.97 Å². The van der Waals surface area contributed by atoms with Gasteiger partial charge in [-0.25, -0.2) is 10.2 Å². The lowest BCUT2D eigenvalue weighted by Crippen LogP contribution is -2.25. The van der Waals surface area contributed by atoms with Crippen LogP contribution >= 0.6 is 0 Å². The summed E-state index contributed by atoms with van der Waals surface area (Å²) in [4.78, 5) is 26.2. The fourth-order valence-corrected chi connectivity index (χ4v) is 5.31. The van der Waals surface area contributed by atoms with E-state index in [0.717, 1.165) is 11.1 Å². The Morgan fingerprint density at radius 3 is 1.86 bits per heavy atom. The lowest BCUT2D eigenvalue weighted by Gasteiger charge is -2.18. The minimum absolute atomic E-state index is 0.160. The lowest BCUT2D eigenvalue weighted by molar-refractivity contribution is -0.122. The predicted molar refractivity (Wildman–Crippen MR) is 162 cm³/mol. The zero-order valence-electron chi connectivity index (χ0n) is 24.3. The standard InChI is InChI=1S/C34H32N2O7/c1-39-28-17-22(15-16-27(28)43-33(38)23-18-29(40-2)31(42-4)30(19-23)41-3)21-35-36-32(37)26-20-34(26,24-11-7-5-8-12-24)25-13-9-6-10-14-25/h5-19,21,26H,20H2,1-4H3,(H,36,37)/b35-21+. The Hall–Kier alpha value is -5.31. The van der Waals surface area contributed by atoms with Crippen molar-refractivity contribution in [3.05, 3.63) is 113 Å². The maximum absolute atomic E-state index is 13.2. The van der Waals surface area contributed by atoms with Crippen molar-refractivity contribution >= 4 is 18.1 Å². The van der Waals surface area contributed by atoms with Gasteiger partial charge in [0.15, 0.2) is 23.0 Å². The number of hydrogen-bond acceptors (Lipinski definition) is 8. The van der Waals surface area contributed by atoms with Gasteiger partial charge >= 0.3 is 5.97 Å². The van der Waals surface area contributed by atoms with Crippen LogP contribution in [0.2, 0.25) is 0 Å². The molecule has 4 aromatic carbocycles. The molecule has 1 N–H and O–H groups in total. The Labute approximate surface area is 250 Å². The monoisotopic (exact) mass is 580 g/mol. The molecule has 1 unspecified atom stereocenters. The summed E-state index contributed by atoms with van der Waals surface area (Å²) in [5.41, 5.74) is 5.36. The van der Waals surface area contributed by atoms with E-state index >= 15 is 0 Å². The van der Waals surface area contributed by atoms with Crippen LogP contribution in [-0.2, 0) is 10.2 Å². The zero-order chi connectivity index (χ0) is 30.4. The van der Waals surface area contributed by atoms with Gasteiger partial charge in [0, 0.05) is 5.41 Å². The van der Waals surface area contributed by atoms with Gasteiger partial charge in [0.1, 0.15) is 0 Å². The van der Waals surface area contributed by atoms with Crippen LogP contribution in [0.25, 0.3) is 0 Å². The average Bonchev–Trinajstić information content (AvgIpc) is 3.82. The van der Waals surface area contributed by atoms with Crippen molar-refractivity contribution in [1.29, 1.82) is 0 Å².